The summed E-state index contributed by atoms with van der Waals surface area (Å²) in [5.74, 6) is 0.907. The molecule has 1 aliphatic rings. The van der Waals surface area contributed by atoms with E-state index in [1.54, 1.807) is 0 Å². The topological polar surface area (TPSA) is 18.5 Å². The molecular weight excluding hydrogens is 234 g/mol. The molecule has 0 aromatic rings. The van der Waals surface area contributed by atoms with Crippen LogP contribution in [0.15, 0.2) is 0 Å². The van der Waals surface area contributed by atoms with E-state index in [0.717, 1.165) is 5.92 Å². The summed E-state index contributed by atoms with van der Waals surface area (Å²) in [6.07, 6.45) is 4.03. The van der Waals surface area contributed by atoms with Crippen LogP contribution in [0.2, 0.25) is 0 Å². The van der Waals surface area contributed by atoms with Gasteiger partial charge >= 0.3 is 0 Å². The van der Waals surface area contributed by atoms with Crippen molar-refractivity contribution in [2.75, 3.05) is 45.8 Å². The summed E-state index contributed by atoms with van der Waals surface area (Å²) < 4.78 is 0. The predicted molar refractivity (Wildman–Crippen MR) is 84.7 cm³/mol. The highest BCUT2D eigenvalue weighted by atomic mass is 15.1. The third-order valence-electron chi connectivity index (χ3n) is 4.54. The molecular formula is C16H35N3. The van der Waals surface area contributed by atoms with Crippen LogP contribution >= 0.6 is 0 Å². The zero-order valence-corrected chi connectivity index (χ0v) is 13.6. The van der Waals surface area contributed by atoms with Gasteiger partial charge in [-0.25, -0.2) is 0 Å². The maximum atomic E-state index is 3.55. The van der Waals surface area contributed by atoms with Gasteiger partial charge in [-0.05, 0) is 71.4 Å². The van der Waals surface area contributed by atoms with Crippen molar-refractivity contribution in [1.29, 1.82) is 0 Å². The second-order valence-electron chi connectivity index (χ2n) is 6.02. The zero-order chi connectivity index (χ0) is 14.1. The average molecular weight is 269 g/mol. The van der Waals surface area contributed by atoms with E-state index < -0.39 is 0 Å². The Bertz CT molecular complexity index is 216. The fourth-order valence-electron chi connectivity index (χ4n) is 3.20. The van der Waals surface area contributed by atoms with E-state index in [0.29, 0.717) is 6.04 Å². The second kappa shape index (κ2) is 9.73. The Kier molecular flexibility index (Phi) is 8.67. The van der Waals surface area contributed by atoms with Gasteiger partial charge in [-0.15, -0.1) is 0 Å². The second-order valence-corrected chi connectivity index (χ2v) is 6.02. The SMILES string of the molecule is CCN(CC)CCCN(CC)CC1CCNC(C)C1. The fourth-order valence-corrected chi connectivity index (χ4v) is 3.20. The van der Waals surface area contributed by atoms with Crippen molar-refractivity contribution in [3.05, 3.63) is 0 Å². The zero-order valence-electron chi connectivity index (χ0n) is 13.6. The van der Waals surface area contributed by atoms with Crippen LogP contribution < -0.4 is 5.32 Å². The summed E-state index contributed by atoms with van der Waals surface area (Å²) in [6.45, 7) is 17.8. The first-order valence-corrected chi connectivity index (χ1v) is 8.37. The van der Waals surface area contributed by atoms with Crippen molar-refractivity contribution < 1.29 is 0 Å². The third kappa shape index (κ3) is 6.73. The van der Waals surface area contributed by atoms with Gasteiger partial charge in [0.1, 0.15) is 0 Å². The van der Waals surface area contributed by atoms with E-state index in [1.807, 2.05) is 0 Å². The highest BCUT2D eigenvalue weighted by Crippen LogP contribution is 2.17. The number of nitrogens with zero attached hydrogens (tertiary/aromatic N) is 2. The molecule has 0 spiro atoms. The summed E-state index contributed by atoms with van der Waals surface area (Å²) in [4.78, 5) is 5.19. The monoisotopic (exact) mass is 269 g/mol. The van der Waals surface area contributed by atoms with Crippen LogP contribution in [0.5, 0.6) is 0 Å². The van der Waals surface area contributed by atoms with Crippen LogP contribution in [0.4, 0.5) is 0 Å². The lowest BCUT2D eigenvalue weighted by molar-refractivity contribution is 0.186. The molecule has 0 amide bonds. The van der Waals surface area contributed by atoms with Gasteiger partial charge in [0.15, 0.2) is 0 Å². The van der Waals surface area contributed by atoms with Crippen LogP contribution in [0.1, 0.15) is 47.0 Å². The average Bonchev–Trinajstić information content (AvgIpc) is 2.42. The smallest absolute Gasteiger partial charge is 0.00418 e. The van der Waals surface area contributed by atoms with E-state index in [2.05, 4.69) is 42.8 Å². The quantitative estimate of drug-likeness (QED) is 0.693. The Morgan fingerprint density at radius 1 is 1.00 bits per heavy atom. The third-order valence-corrected chi connectivity index (χ3v) is 4.54. The van der Waals surface area contributed by atoms with E-state index >= 15 is 0 Å². The van der Waals surface area contributed by atoms with Crippen molar-refractivity contribution >= 4 is 0 Å². The number of hydrogen-bond acceptors (Lipinski definition) is 3. The first-order valence-electron chi connectivity index (χ1n) is 8.37. The first kappa shape index (κ1) is 16.9. The summed E-state index contributed by atoms with van der Waals surface area (Å²) >= 11 is 0. The van der Waals surface area contributed by atoms with Crippen LogP contribution in [0, 0.1) is 5.92 Å². The van der Waals surface area contributed by atoms with Crippen LogP contribution in [0.25, 0.3) is 0 Å². The largest absolute Gasteiger partial charge is 0.314 e. The minimum Gasteiger partial charge on any atom is -0.314 e. The molecule has 1 aliphatic heterocycles. The highest BCUT2D eigenvalue weighted by Gasteiger charge is 2.20. The lowest BCUT2D eigenvalue weighted by atomic mass is 9.93. The van der Waals surface area contributed by atoms with Gasteiger partial charge in [-0.3, -0.25) is 0 Å². The van der Waals surface area contributed by atoms with Crippen LogP contribution in [0.3, 0.4) is 0 Å². The number of rotatable bonds is 9. The maximum Gasteiger partial charge on any atom is 0.00418 e. The molecule has 2 atom stereocenters. The molecule has 0 aromatic heterocycles. The Labute approximate surface area is 120 Å². The van der Waals surface area contributed by atoms with Gasteiger partial charge in [0, 0.05) is 12.6 Å². The van der Waals surface area contributed by atoms with Crippen LogP contribution in [-0.4, -0.2) is 61.7 Å². The molecule has 1 heterocycles. The van der Waals surface area contributed by atoms with Gasteiger partial charge in [0.2, 0.25) is 0 Å². The van der Waals surface area contributed by atoms with E-state index in [4.69, 9.17) is 0 Å². The molecule has 0 aliphatic carbocycles. The fraction of sp³-hybridized carbons (Fsp3) is 1.00. The lowest BCUT2D eigenvalue weighted by Crippen LogP contribution is -2.41. The molecule has 114 valence electrons. The van der Waals surface area contributed by atoms with Gasteiger partial charge in [-0.2, -0.15) is 0 Å². The van der Waals surface area contributed by atoms with Gasteiger partial charge < -0.3 is 15.1 Å². The van der Waals surface area contributed by atoms with Gasteiger partial charge in [0.25, 0.3) is 0 Å². The molecule has 0 saturated carbocycles. The molecule has 1 fully saturated rings. The Morgan fingerprint density at radius 2 is 1.63 bits per heavy atom. The van der Waals surface area contributed by atoms with Crippen molar-refractivity contribution in [2.24, 2.45) is 5.92 Å². The van der Waals surface area contributed by atoms with E-state index in [-0.39, 0.29) is 0 Å². The predicted octanol–water partition coefficient (Wildman–Crippen LogP) is 2.43. The maximum absolute atomic E-state index is 3.55. The van der Waals surface area contributed by atoms with Crippen molar-refractivity contribution in [3.8, 4) is 0 Å². The van der Waals surface area contributed by atoms with E-state index in [1.165, 1.54) is 65.1 Å². The van der Waals surface area contributed by atoms with Crippen molar-refractivity contribution in [1.82, 2.24) is 15.1 Å². The molecule has 2 unspecified atom stereocenters. The minimum absolute atomic E-state index is 0.716. The summed E-state index contributed by atoms with van der Waals surface area (Å²) in [5, 5.41) is 3.55. The normalized spacial score (nSPS) is 24.3. The molecule has 1 saturated heterocycles. The summed E-state index contributed by atoms with van der Waals surface area (Å²) in [5.41, 5.74) is 0. The highest BCUT2D eigenvalue weighted by molar-refractivity contribution is 4.77. The Morgan fingerprint density at radius 3 is 2.21 bits per heavy atom. The molecule has 19 heavy (non-hydrogen) atoms. The summed E-state index contributed by atoms with van der Waals surface area (Å²) in [7, 11) is 0. The number of piperidine rings is 1. The number of hydrogen-bond donors (Lipinski definition) is 1. The first-order chi connectivity index (χ1) is 9.19. The Balaban J connectivity index is 2.21. The molecule has 1 rings (SSSR count). The Hall–Kier alpha value is -0.120. The molecule has 0 radical (unpaired) electrons. The molecule has 3 heteroatoms. The van der Waals surface area contributed by atoms with Crippen molar-refractivity contribution in [2.45, 2.75) is 53.0 Å². The molecule has 3 nitrogen and oxygen atoms in total. The number of nitrogens with one attached hydrogen (secondary N) is 1. The molecule has 1 N–H and O–H groups in total. The molecule has 0 aromatic carbocycles. The van der Waals surface area contributed by atoms with Crippen LogP contribution in [-0.2, 0) is 0 Å². The minimum atomic E-state index is 0.716. The molecule has 0 bridgehead atoms. The van der Waals surface area contributed by atoms with Crippen molar-refractivity contribution in [3.63, 3.8) is 0 Å². The lowest BCUT2D eigenvalue weighted by Gasteiger charge is -2.32. The summed E-state index contributed by atoms with van der Waals surface area (Å²) in [6, 6.07) is 0.716. The van der Waals surface area contributed by atoms with E-state index in [9.17, 15) is 0 Å². The van der Waals surface area contributed by atoms with Gasteiger partial charge in [0.05, 0.1) is 0 Å². The standard InChI is InChI=1S/C16H35N3/c1-5-18(6-2)11-8-12-19(7-3)14-16-9-10-17-15(4)13-16/h15-17H,5-14H2,1-4H3. The van der Waals surface area contributed by atoms with Gasteiger partial charge in [-0.1, -0.05) is 20.8 Å².